The molecule has 0 saturated heterocycles. The lowest BCUT2D eigenvalue weighted by molar-refractivity contribution is -0.660. The van der Waals surface area contributed by atoms with Crippen molar-refractivity contribution < 1.29 is 8.98 Å². The summed E-state index contributed by atoms with van der Waals surface area (Å²) in [7, 11) is 2.05. The summed E-state index contributed by atoms with van der Waals surface area (Å²) in [5, 5.41) is 11.9. The maximum Gasteiger partial charge on any atom is 0.216 e. The van der Waals surface area contributed by atoms with Crippen LogP contribution >= 0.6 is 0 Å². The van der Waals surface area contributed by atoms with Crippen LogP contribution in [0.3, 0.4) is 0 Å². The van der Waals surface area contributed by atoms with E-state index in [2.05, 4.69) is 55.7 Å². The predicted molar refractivity (Wildman–Crippen MR) is 109 cm³/mol. The molecule has 134 valence electrons. The van der Waals surface area contributed by atoms with Crippen LogP contribution in [0.5, 0.6) is 0 Å². The molecule has 27 heavy (non-hydrogen) atoms. The molecule has 4 rings (SSSR count). The zero-order chi connectivity index (χ0) is 19.3. The number of furan rings is 1. The maximum absolute atomic E-state index is 9.70. The lowest BCUT2D eigenvalue weighted by atomic mass is 9.91. The van der Waals surface area contributed by atoms with Gasteiger partial charge in [-0.05, 0) is 43.0 Å². The van der Waals surface area contributed by atoms with Gasteiger partial charge in [0, 0.05) is 28.5 Å². The van der Waals surface area contributed by atoms with Gasteiger partial charge in [0.05, 0.1) is 17.2 Å². The van der Waals surface area contributed by atoms with E-state index in [-0.39, 0.29) is 5.92 Å². The Labute approximate surface area is 159 Å². The van der Waals surface area contributed by atoms with Gasteiger partial charge in [-0.1, -0.05) is 26.0 Å². The largest absolute Gasteiger partial charge is 0.455 e. The lowest BCUT2D eigenvalue weighted by Crippen LogP contribution is -2.30. The van der Waals surface area contributed by atoms with Gasteiger partial charge < -0.3 is 4.42 Å². The van der Waals surface area contributed by atoms with Gasteiger partial charge in [0.2, 0.25) is 5.69 Å². The second-order valence-electron chi connectivity index (χ2n) is 7.56. The highest BCUT2D eigenvalue weighted by Crippen LogP contribution is 2.41. The third-order valence-corrected chi connectivity index (χ3v) is 5.37. The van der Waals surface area contributed by atoms with Crippen LogP contribution in [-0.4, -0.2) is 0 Å². The number of hydrogen-bond acceptors (Lipinski definition) is 2. The Morgan fingerprint density at radius 3 is 2.44 bits per heavy atom. The van der Waals surface area contributed by atoms with Crippen molar-refractivity contribution in [3.63, 3.8) is 0 Å². The number of fused-ring (bicyclic) bond motifs is 3. The monoisotopic (exact) mass is 355 g/mol. The minimum Gasteiger partial charge on any atom is -0.455 e. The van der Waals surface area contributed by atoms with Crippen molar-refractivity contribution in [2.75, 3.05) is 0 Å². The highest BCUT2D eigenvalue weighted by atomic mass is 16.3. The van der Waals surface area contributed by atoms with Crippen LogP contribution in [0.25, 0.3) is 33.2 Å². The second-order valence-corrected chi connectivity index (χ2v) is 7.56. The molecule has 3 heteroatoms. The molecule has 2 heterocycles. The summed E-state index contributed by atoms with van der Waals surface area (Å²) >= 11 is 0. The Kier molecular flexibility index (Phi) is 4.00. The van der Waals surface area contributed by atoms with Crippen LogP contribution in [0.4, 0.5) is 0 Å². The average Bonchev–Trinajstić information content (AvgIpc) is 2.99. The average molecular weight is 355 g/mol. The Bertz CT molecular complexity index is 1240. The number of pyridine rings is 1. The minimum atomic E-state index is 0.208. The topological polar surface area (TPSA) is 40.8 Å². The number of nitriles is 1. The van der Waals surface area contributed by atoms with Crippen molar-refractivity contribution in [3.05, 3.63) is 64.8 Å². The van der Waals surface area contributed by atoms with Crippen LogP contribution in [-0.2, 0) is 7.05 Å². The van der Waals surface area contributed by atoms with Crippen LogP contribution in [0.2, 0.25) is 0 Å². The molecule has 0 amide bonds. The van der Waals surface area contributed by atoms with Gasteiger partial charge in [-0.15, -0.1) is 0 Å². The molecule has 0 bridgehead atoms. The lowest BCUT2D eigenvalue weighted by Gasteiger charge is -2.10. The molecule has 0 radical (unpaired) electrons. The molecule has 0 fully saturated rings. The summed E-state index contributed by atoms with van der Waals surface area (Å²) in [5.74, 6) is 0.208. The van der Waals surface area contributed by atoms with Crippen LogP contribution in [0.15, 0.2) is 47.0 Å². The number of benzene rings is 2. The van der Waals surface area contributed by atoms with Gasteiger partial charge in [0.1, 0.15) is 18.2 Å². The van der Waals surface area contributed by atoms with Crippen molar-refractivity contribution in [1.82, 2.24) is 0 Å². The van der Waals surface area contributed by atoms with Gasteiger partial charge in [-0.3, -0.25) is 0 Å². The number of aromatic nitrogens is 1. The van der Waals surface area contributed by atoms with Crippen molar-refractivity contribution in [2.45, 2.75) is 33.6 Å². The van der Waals surface area contributed by atoms with Gasteiger partial charge in [0.15, 0.2) is 6.20 Å². The first kappa shape index (κ1) is 17.3. The predicted octanol–water partition coefficient (Wildman–Crippen LogP) is 5.69. The van der Waals surface area contributed by atoms with Gasteiger partial charge in [0.25, 0.3) is 0 Å². The highest BCUT2D eigenvalue weighted by Gasteiger charge is 2.24. The Balaban J connectivity index is 2.21. The van der Waals surface area contributed by atoms with Crippen molar-refractivity contribution in [3.8, 4) is 17.3 Å². The van der Waals surface area contributed by atoms with E-state index in [4.69, 9.17) is 4.42 Å². The number of hydrogen-bond donors (Lipinski definition) is 0. The standard InChI is InChI=1S/C24H23N2O/c1-14(2)21-19(13-25)16(4)12-18-17-10-9-15(3)22(23(17)27-24(18)21)20-8-6-7-11-26(20)5/h6-12,14H,1-5H3/q+1. The van der Waals surface area contributed by atoms with E-state index in [0.717, 1.165) is 49.9 Å². The highest BCUT2D eigenvalue weighted by molar-refractivity contribution is 6.11. The van der Waals surface area contributed by atoms with Gasteiger partial charge >= 0.3 is 0 Å². The zero-order valence-electron chi connectivity index (χ0n) is 16.4. The van der Waals surface area contributed by atoms with Crippen LogP contribution in [0, 0.1) is 25.2 Å². The molecule has 0 atom stereocenters. The fraction of sp³-hybridized carbons (Fsp3) is 0.250. The smallest absolute Gasteiger partial charge is 0.216 e. The van der Waals surface area contributed by atoms with Crippen molar-refractivity contribution in [1.29, 1.82) is 5.26 Å². The van der Waals surface area contributed by atoms with E-state index in [0.29, 0.717) is 0 Å². The molecule has 2 aromatic carbocycles. The molecule has 2 aromatic heterocycles. The van der Waals surface area contributed by atoms with Crippen molar-refractivity contribution >= 4 is 21.9 Å². The molecule has 0 aliphatic heterocycles. The first-order valence-electron chi connectivity index (χ1n) is 9.28. The quantitative estimate of drug-likeness (QED) is 0.433. The van der Waals surface area contributed by atoms with E-state index < -0.39 is 0 Å². The Morgan fingerprint density at radius 2 is 1.78 bits per heavy atom. The zero-order valence-corrected chi connectivity index (χ0v) is 16.4. The Morgan fingerprint density at radius 1 is 1.00 bits per heavy atom. The molecule has 0 N–H and O–H groups in total. The summed E-state index contributed by atoms with van der Waals surface area (Å²) in [6.45, 7) is 8.36. The second kappa shape index (κ2) is 6.25. The van der Waals surface area contributed by atoms with E-state index in [1.807, 2.05) is 32.3 Å². The molecule has 4 aromatic rings. The van der Waals surface area contributed by atoms with E-state index in [1.54, 1.807) is 0 Å². The SMILES string of the molecule is Cc1cc2c(oc3c(-c4cccc[n+]4C)c(C)ccc32)c(C(C)C)c1C#N. The normalized spacial score (nSPS) is 11.4. The van der Waals surface area contributed by atoms with E-state index in [9.17, 15) is 5.26 Å². The molecular formula is C24H23N2O+. The summed E-state index contributed by atoms with van der Waals surface area (Å²) in [4.78, 5) is 0. The molecular weight excluding hydrogens is 332 g/mol. The number of aryl methyl sites for hydroxylation is 3. The maximum atomic E-state index is 9.70. The van der Waals surface area contributed by atoms with Crippen molar-refractivity contribution in [2.24, 2.45) is 7.05 Å². The Hall–Kier alpha value is -3.12. The van der Waals surface area contributed by atoms with E-state index in [1.165, 1.54) is 5.56 Å². The molecule has 0 saturated carbocycles. The first-order valence-corrected chi connectivity index (χ1v) is 9.28. The summed E-state index contributed by atoms with van der Waals surface area (Å²) in [6.07, 6.45) is 2.05. The van der Waals surface area contributed by atoms with E-state index >= 15 is 0 Å². The van der Waals surface area contributed by atoms with Crippen LogP contribution < -0.4 is 4.57 Å². The number of rotatable bonds is 2. The molecule has 0 unspecified atom stereocenters. The van der Waals surface area contributed by atoms with Crippen LogP contribution in [0.1, 0.15) is 42.0 Å². The van der Waals surface area contributed by atoms with Gasteiger partial charge in [-0.25, -0.2) is 4.57 Å². The first-order chi connectivity index (χ1) is 12.9. The fourth-order valence-corrected chi connectivity index (χ4v) is 4.04. The molecule has 0 spiro atoms. The van der Waals surface area contributed by atoms with Gasteiger partial charge in [-0.2, -0.15) is 5.26 Å². The number of nitrogens with zero attached hydrogens (tertiary/aromatic N) is 2. The minimum absolute atomic E-state index is 0.208. The molecule has 3 nitrogen and oxygen atoms in total. The summed E-state index contributed by atoms with van der Waals surface area (Å²) < 4.78 is 8.61. The molecule has 0 aliphatic rings. The fourth-order valence-electron chi connectivity index (χ4n) is 4.04. The third kappa shape index (κ3) is 2.52. The third-order valence-electron chi connectivity index (χ3n) is 5.37. The molecule has 0 aliphatic carbocycles. The summed E-state index contributed by atoms with van der Waals surface area (Å²) in [6, 6.07) is 15.0. The summed E-state index contributed by atoms with van der Waals surface area (Å²) in [5.41, 5.74) is 7.87.